The van der Waals surface area contributed by atoms with Crippen molar-refractivity contribution in [3.05, 3.63) is 12.2 Å². The van der Waals surface area contributed by atoms with Gasteiger partial charge in [0.2, 0.25) is 0 Å². The standard InChI is InChI=1S/C10H20N2O.ClH/c1-6-7-12(11)9(13)8(2)10(3,4)5;/h2,6-7,11H2,1,3-5H3;1H. The highest BCUT2D eigenvalue weighted by atomic mass is 35.5. The highest BCUT2D eigenvalue weighted by Crippen LogP contribution is 2.24. The van der Waals surface area contributed by atoms with Gasteiger partial charge in [0.05, 0.1) is 0 Å². The summed E-state index contributed by atoms with van der Waals surface area (Å²) in [5, 5.41) is 1.23. The van der Waals surface area contributed by atoms with Crippen LogP contribution in [0.5, 0.6) is 0 Å². The van der Waals surface area contributed by atoms with Crippen molar-refractivity contribution in [1.82, 2.24) is 5.01 Å². The third-order valence-electron chi connectivity index (χ3n) is 1.89. The fraction of sp³-hybridized carbons (Fsp3) is 0.700. The van der Waals surface area contributed by atoms with Crippen molar-refractivity contribution < 1.29 is 4.79 Å². The van der Waals surface area contributed by atoms with Crippen molar-refractivity contribution in [1.29, 1.82) is 0 Å². The Kier molecular flexibility index (Phi) is 6.86. The van der Waals surface area contributed by atoms with Gasteiger partial charge < -0.3 is 0 Å². The molecule has 0 saturated carbocycles. The van der Waals surface area contributed by atoms with Crippen LogP contribution >= 0.6 is 12.4 Å². The molecule has 0 aromatic heterocycles. The van der Waals surface area contributed by atoms with Gasteiger partial charge in [0.1, 0.15) is 0 Å². The summed E-state index contributed by atoms with van der Waals surface area (Å²) in [6.07, 6.45) is 0.861. The van der Waals surface area contributed by atoms with Gasteiger partial charge in [-0.05, 0) is 11.8 Å². The van der Waals surface area contributed by atoms with E-state index in [1.54, 1.807) is 0 Å². The molecule has 0 rings (SSSR count). The highest BCUT2D eigenvalue weighted by Gasteiger charge is 2.23. The second-order valence-corrected chi connectivity index (χ2v) is 4.23. The van der Waals surface area contributed by atoms with Gasteiger partial charge in [-0.25, -0.2) is 5.84 Å². The van der Waals surface area contributed by atoms with E-state index in [2.05, 4.69) is 6.58 Å². The SMILES string of the molecule is C=C(C(=O)N(N)CCC)C(C)(C)C.Cl. The van der Waals surface area contributed by atoms with Crippen molar-refractivity contribution in [3.8, 4) is 0 Å². The number of carbonyl (C=O) groups is 1. The molecule has 4 heteroatoms. The van der Waals surface area contributed by atoms with Crippen LogP contribution in [0.4, 0.5) is 0 Å². The summed E-state index contributed by atoms with van der Waals surface area (Å²) >= 11 is 0. The number of amides is 1. The van der Waals surface area contributed by atoms with Crippen LogP contribution in [-0.4, -0.2) is 17.5 Å². The molecule has 0 unspecified atom stereocenters. The molecule has 0 atom stereocenters. The molecule has 0 radical (unpaired) electrons. The van der Waals surface area contributed by atoms with E-state index in [1.807, 2.05) is 27.7 Å². The molecule has 14 heavy (non-hydrogen) atoms. The summed E-state index contributed by atoms with van der Waals surface area (Å²) in [6.45, 7) is 12.2. The van der Waals surface area contributed by atoms with Crippen LogP contribution < -0.4 is 5.84 Å². The van der Waals surface area contributed by atoms with E-state index in [-0.39, 0.29) is 23.7 Å². The molecule has 0 aromatic carbocycles. The van der Waals surface area contributed by atoms with Gasteiger partial charge in [-0.15, -0.1) is 12.4 Å². The van der Waals surface area contributed by atoms with Crippen LogP contribution in [0, 0.1) is 5.41 Å². The van der Waals surface area contributed by atoms with Gasteiger partial charge in [0, 0.05) is 12.1 Å². The molecule has 2 N–H and O–H groups in total. The van der Waals surface area contributed by atoms with Gasteiger partial charge in [0.15, 0.2) is 0 Å². The van der Waals surface area contributed by atoms with Gasteiger partial charge >= 0.3 is 0 Å². The summed E-state index contributed by atoms with van der Waals surface area (Å²) in [5.74, 6) is 5.39. The maximum absolute atomic E-state index is 11.6. The molecule has 0 aliphatic carbocycles. The Morgan fingerprint density at radius 2 is 1.86 bits per heavy atom. The van der Waals surface area contributed by atoms with Crippen LogP contribution in [0.15, 0.2) is 12.2 Å². The largest absolute Gasteiger partial charge is 0.277 e. The molecular weight excluding hydrogens is 200 g/mol. The molecule has 3 nitrogen and oxygen atoms in total. The number of carbonyl (C=O) groups excluding carboxylic acids is 1. The third-order valence-corrected chi connectivity index (χ3v) is 1.89. The number of hydrogen-bond acceptors (Lipinski definition) is 2. The molecule has 0 aliphatic heterocycles. The topological polar surface area (TPSA) is 46.3 Å². The molecule has 0 spiro atoms. The van der Waals surface area contributed by atoms with Gasteiger partial charge in [-0.2, -0.15) is 0 Å². The van der Waals surface area contributed by atoms with Gasteiger partial charge in [0.25, 0.3) is 5.91 Å². The third kappa shape index (κ3) is 4.63. The maximum Gasteiger partial charge on any atom is 0.263 e. The lowest BCUT2D eigenvalue weighted by atomic mass is 9.87. The van der Waals surface area contributed by atoms with Crippen molar-refractivity contribution in [2.75, 3.05) is 6.54 Å². The van der Waals surface area contributed by atoms with Crippen molar-refractivity contribution in [2.45, 2.75) is 34.1 Å². The van der Waals surface area contributed by atoms with Crippen molar-refractivity contribution in [2.24, 2.45) is 11.3 Å². The smallest absolute Gasteiger partial charge is 0.263 e. The summed E-state index contributed by atoms with van der Waals surface area (Å²) in [5.41, 5.74) is 0.353. The van der Waals surface area contributed by atoms with E-state index in [4.69, 9.17) is 5.84 Å². The Morgan fingerprint density at radius 1 is 1.43 bits per heavy atom. The van der Waals surface area contributed by atoms with Crippen LogP contribution in [0.3, 0.4) is 0 Å². The lowest BCUT2D eigenvalue weighted by molar-refractivity contribution is -0.128. The van der Waals surface area contributed by atoms with Crippen LogP contribution in [0.25, 0.3) is 0 Å². The first-order valence-corrected chi connectivity index (χ1v) is 4.56. The fourth-order valence-corrected chi connectivity index (χ4v) is 0.837. The van der Waals surface area contributed by atoms with E-state index in [1.165, 1.54) is 5.01 Å². The summed E-state index contributed by atoms with van der Waals surface area (Å²) in [6, 6.07) is 0. The summed E-state index contributed by atoms with van der Waals surface area (Å²) in [7, 11) is 0. The number of nitrogens with two attached hydrogens (primary N) is 1. The zero-order chi connectivity index (χ0) is 10.6. The summed E-state index contributed by atoms with van der Waals surface area (Å²) < 4.78 is 0. The minimum atomic E-state index is -0.206. The zero-order valence-electron chi connectivity index (χ0n) is 9.46. The quantitative estimate of drug-likeness (QED) is 0.343. The van der Waals surface area contributed by atoms with Crippen LogP contribution in [0.1, 0.15) is 34.1 Å². The van der Waals surface area contributed by atoms with E-state index in [0.29, 0.717) is 12.1 Å². The number of nitrogens with zero attached hydrogens (tertiary/aromatic N) is 1. The van der Waals surface area contributed by atoms with E-state index < -0.39 is 0 Å². The molecule has 0 bridgehead atoms. The normalized spacial score (nSPS) is 10.4. The van der Waals surface area contributed by atoms with Crippen LogP contribution in [0.2, 0.25) is 0 Å². The van der Waals surface area contributed by atoms with Crippen molar-refractivity contribution >= 4 is 18.3 Å². The molecular formula is C10H21ClN2O. The summed E-state index contributed by atoms with van der Waals surface area (Å²) in [4.78, 5) is 11.6. The minimum absolute atomic E-state index is 0. The number of halogens is 1. The molecule has 0 aromatic rings. The van der Waals surface area contributed by atoms with Crippen molar-refractivity contribution in [3.63, 3.8) is 0 Å². The Morgan fingerprint density at radius 3 is 2.14 bits per heavy atom. The second-order valence-electron chi connectivity index (χ2n) is 4.23. The molecule has 84 valence electrons. The number of hydrazine groups is 1. The van der Waals surface area contributed by atoms with Gasteiger partial charge in [-0.1, -0.05) is 34.3 Å². The Balaban J connectivity index is 0. The second kappa shape index (κ2) is 6.04. The van der Waals surface area contributed by atoms with Crippen LogP contribution in [-0.2, 0) is 4.79 Å². The lowest BCUT2D eigenvalue weighted by Crippen LogP contribution is -2.41. The predicted octanol–water partition coefficient (Wildman–Crippen LogP) is 2.12. The van der Waals surface area contributed by atoms with Gasteiger partial charge in [-0.3, -0.25) is 9.80 Å². The van der Waals surface area contributed by atoms with E-state index in [0.717, 1.165) is 6.42 Å². The number of hydrogen-bond donors (Lipinski definition) is 1. The lowest BCUT2D eigenvalue weighted by Gasteiger charge is -2.25. The first kappa shape index (κ1) is 15.9. The van der Waals surface area contributed by atoms with E-state index >= 15 is 0 Å². The first-order chi connectivity index (χ1) is 5.80. The predicted molar refractivity (Wildman–Crippen MR) is 62.0 cm³/mol. The average molecular weight is 221 g/mol. The Labute approximate surface area is 92.7 Å². The fourth-order valence-electron chi connectivity index (χ4n) is 0.837. The average Bonchev–Trinajstić information content (AvgIpc) is 2.00. The molecule has 0 aliphatic rings. The monoisotopic (exact) mass is 220 g/mol. The Hall–Kier alpha value is -0.540. The molecule has 0 heterocycles. The Bertz CT molecular complexity index is 209. The minimum Gasteiger partial charge on any atom is -0.277 e. The molecule has 0 fully saturated rings. The number of rotatable bonds is 3. The molecule has 1 amide bonds. The zero-order valence-corrected chi connectivity index (χ0v) is 10.3. The van der Waals surface area contributed by atoms with E-state index in [9.17, 15) is 4.79 Å². The maximum atomic E-state index is 11.6. The molecule has 0 saturated heterocycles. The highest BCUT2D eigenvalue weighted by molar-refractivity contribution is 5.93. The first-order valence-electron chi connectivity index (χ1n) is 4.56.